The standard InChI is InChI=1S/C25H32O6/c1-14(2)17-7-9-18(10-8-17)25-29-21-13-28-24(19-6-5-15(3)16(4)11-19)31-23(21)22(30-25)20(27)12-26/h5-11,14,20-27H,12-13H2,1-4H3. The van der Waals surface area contributed by atoms with Crippen LogP contribution in [0.25, 0.3) is 0 Å². The number of ether oxygens (including phenoxy) is 4. The molecule has 6 heteroatoms. The Morgan fingerprint density at radius 3 is 2.26 bits per heavy atom. The molecule has 2 heterocycles. The largest absolute Gasteiger partial charge is 0.394 e. The van der Waals surface area contributed by atoms with E-state index >= 15 is 0 Å². The molecule has 0 bridgehead atoms. The van der Waals surface area contributed by atoms with Gasteiger partial charge in [0.1, 0.15) is 24.4 Å². The minimum atomic E-state index is -1.09. The molecule has 0 spiro atoms. The Bertz CT molecular complexity index is 880. The van der Waals surface area contributed by atoms with E-state index in [1.54, 1.807) is 0 Å². The van der Waals surface area contributed by atoms with Crippen LogP contribution in [-0.4, -0.2) is 47.8 Å². The molecule has 168 valence electrons. The molecule has 2 fully saturated rings. The molecule has 0 amide bonds. The predicted octanol–water partition coefficient (Wildman–Crippen LogP) is 3.68. The molecule has 4 rings (SSSR count). The first-order valence-electron chi connectivity index (χ1n) is 10.9. The summed E-state index contributed by atoms with van der Waals surface area (Å²) in [6.45, 7) is 8.27. The van der Waals surface area contributed by atoms with E-state index in [4.69, 9.17) is 18.9 Å². The average molecular weight is 429 g/mol. The maximum atomic E-state index is 10.5. The van der Waals surface area contributed by atoms with Crippen molar-refractivity contribution in [3.63, 3.8) is 0 Å². The van der Waals surface area contributed by atoms with Crippen molar-refractivity contribution in [3.05, 3.63) is 70.3 Å². The van der Waals surface area contributed by atoms with Gasteiger partial charge in [0.2, 0.25) is 0 Å². The van der Waals surface area contributed by atoms with Gasteiger partial charge in [-0.15, -0.1) is 0 Å². The first-order valence-corrected chi connectivity index (χ1v) is 10.9. The molecular formula is C25H32O6. The molecule has 2 aromatic rings. The van der Waals surface area contributed by atoms with Gasteiger partial charge in [-0.05, 0) is 36.5 Å². The summed E-state index contributed by atoms with van der Waals surface area (Å²) in [6.07, 6.45) is -4.06. The summed E-state index contributed by atoms with van der Waals surface area (Å²) in [5, 5.41) is 20.1. The second-order valence-corrected chi connectivity index (χ2v) is 8.79. The van der Waals surface area contributed by atoms with Gasteiger partial charge in [-0.3, -0.25) is 0 Å². The summed E-state index contributed by atoms with van der Waals surface area (Å²) < 4.78 is 24.4. The van der Waals surface area contributed by atoms with Crippen molar-refractivity contribution in [3.8, 4) is 0 Å². The summed E-state index contributed by atoms with van der Waals surface area (Å²) in [4.78, 5) is 0. The third kappa shape index (κ3) is 4.70. The Kier molecular flexibility index (Phi) is 6.77. The fraction of sp³-hybridized carbons (Fsp3) is 0.520. The monoisotopic (exact) mass is 428 g/mol. The summed E-state index contributed by atoms with van der Waals surface area (Å²) in [5.41, 5.74) is 5.34. The Morgan fingerprint density at radius 2 is 1.61 bits per heavy atom. The molecule has 2 aliphatic rings. The van der Waals surface area contributed by atoms with E-state index in [9.17, 15) is 10.2 Å². The fourth-order valence-electron chi connectivity index (χ4n) is 4.06. The first-order chi connectivity index (χ1) is 14.9. The third-order valence-corrected chi connectivity index (χ3v) is 6.21. The van der Waals surface area contributed by atoms with E-state index in [-0.39, 0.29) is 0 Å². The van der Waals surface area contributed by atoms with Crippen molar-refractivity contribution in [2.45, 2.75) is 70.6 Å². The van der Waals surface area contributed by atoms with Crippen LogP contribution in [0.4, 0.5) is 0 Å². The molecule has 6 nitrogen and oxygen atoms in total. The van der Waals surface area contributed by atoms with E-state index in [2.05, 4.69) is 32.9 Å². The Hall–Kier alpha value is -1.80. The minimum absolute atomic E-state index is 0.306. The van der Waals surface area contributed by atoms with Gasteiger partial charge in [0, 0.05) is 11.1 Å². The van der Waals surface area contributed by atoms with Gasteiger partial charge >= 0.3 is 0 Å². The van der Waals surface area contributed by atoms with Crippen LogP contribution in [0.5, 0.6) is 0 Å². The molecular weight excluding hydrogens is 396 g/mol. The lowest BCUT2D eigenvalue weighted by Crippen LogP contribution is -2.58. The molecule has 2 aliphatic heterocycles. The van der Waals surface area contributed by atoms with Crippen molar-refractivity contribution in [2.75, 3.05) is 13.2 Å². The number of benzene rings is 2. The Balaban J connectivity index is 1.54. The zero-order valence-electron chi connectivity index (χ0n) is 18.5. The minimum Gasteiger partial charge on any atom is -0.394 e. The highest BCUT2D eigenvalue weighted by molar-refractivity contribution is 5.31. The lowest BCUT2D eigenvalue weighted by Gasteiger charge is -2.47. The van der Waals surface area contributed by atoms with Crippen molar-refractivity contribution >= 4 is 0 Å². The predicted molar refractivity (Wildman–Crippen MR) is 116 cm³/mol. The maximum Gasteiger partial charge on any atom is 0.184 e. The Labute approximate surface area is 183 Å². The third-order valence-electron chi connectivity index (χ3n) is 6.21. The van der Waals surface area contributed by atoms with E-state index < -0.39 is 43.6 Å². The molecule has 6 unspecified atom stereocenters. The van der Waals surface area contributed by atoms with Gasteiger partial charge in [-0.1, -0.05) is 56.3 Å². The quantitative estimate of drug-likeness (QED) is 0.757. The van der Waals surface area contributed by atoms with Gasteiger partial charge in [0.05, 0.1) is 13.2 Å². The van der Waals surface area contributed by atoms with Crippen LogP contribution in [0.3, 0.4) is 0 Å². The summed E-state index contributed by atoms with van der Waals surface area (Å²) in [6, 6.07) is 14.1. The molecule has 2 aromatic carbocycles. The van der Waals surface area contributed by atoms with Crippen molar-refractivity contribution < 1.29 is 29.2 Å². The lowest BCUT2D eigenvalue weighted by molar-refractivity contribution is -0.373. The van der Waals surface area contributed by atoms with E-state index in [1.807, 2.05) is 37.3 Å². The molecule has 2 N–H and O–H groups in total. The Morgan fingerprint density at radius 1 is 0.903 bits per heavy atom. The van der Waals surface area contributed by atoms with Crippen molar-refractivity contribution in [1.29, 1.82) is 0 Å². The average Bonchev–Trinajstić information content (AvgIpc) is 2.79. The highest BCUT2D eigenvalue weighted by Crippen LogP contribution is 2.39. The zero-order chi connectivity index (χ0) is 22.1. The normalized spacial score (nSPS) is 29.6. The fourth-order valence-corrected chi connectivity index (χ4v) is 4.06. The van der Waals surface area contributed by atoms with Crippen LogP contribution >= 0.6 is 0 Å². The van der Waals surface area contributed by atoms with Gasteiger partial charge in [-0.25, -0.2) is 0 Å². The molecule has 2 saturated heterocycles. The van der Waals surface area contributed by atoms with Crippen LogP contribution in [0.1, 0.15) is 60.2 Å². The molecule has 0 radical (unpaired) electrons. The zero-order valence-corrected chi connectivity index (χ0v) is 18.5. The van der Waals surface area contributed by atoms with Gasteiger partial charge in [0.25, 0.3) is 0 Å². The summed E-state index contributed by atoms with van der Waals surface area (Å²) in [5.74, 6) is 0.429. The number of hydrogen-bond acceptors (Lipinski definition) is 6. The van der Waals surface area contributed by atoms with Crippen molar-refractivity contribution in [1.82, 2.24) is 0 Å². The summed E-state index contributed by atoms with van der Waals surface area (Å²) in [7, 11) is 0. The second kappa shape index (κ2) is 9.36. The smallest absolute Gasteiger partial charge is 0.184 e. The second-order valence-electron chi connectivity index (χ2n) is 8.79. The van der Waals surface area contributed by atoms with E-state index in [0.717, 1.165) is 16.7 Å². The number of fused-ring (bicyclic) bond motifs is 1. The number of aryl methyl sites for hydroxylation is 2. The van der Waals surface area contributed by atoms with Gasteiger partial charge in [0.15, 0.2) is 12.6 Å². The molecule has 6 atom stereocenters. The van der Waals surface area contributed by atoms with Crippen LogP contribution in [0, 0.1) is 13.8 Å². The highest BCUT2D eigenvalue weighted by Gasteiger charge is 2.48. The number of rotatable bonds is 5. The van der Waals surface area contributed by atoms with Gasteiger partial charge in [-0.2, -0.15) is 0 Å². The molecule has 0 saturated carbocycles. The van der Waals surface area contributed by atoms with E-state index in [1.165, 1.54) is 11.1 Å². The van der Waals surface area contributed by atoms with Crippen LogP contribution < -0.4 is 0 Å². The van der Waals surface area contributed by atoms with Crippen LogP contribution in [0.2, 0.25) is 0 Å². The molecule has 31 heavy (non-hydrogen) atoms. The number of aliphatic hydroxyl groups is 2. The van der Waals surface area contributed by atoms with E-state index in [0.29, 0.717) is 12.5 Å². The molecule has 0 aliphatic carbocycles. The highest BCUT2D eigenvalue weighted by atomic mass is 16.8. The lowest BCUT2D eigenvalue weighted by atomic mass is 9.98. The first kappa shape index (κ1) is 22.4. The molecule has 0 aromatic heterocycles. The van der Waals surface area contributed by atoms with Gasteiger partial charge < -0.3 is 29.2 Å². The summed E-state index contributed by atoms with van der Waals surface area (Å²) >= 11 is 0. The number of aliphatic hydroxyl groups excluding tert-OH is 2. The van der Waals surface area contributed by atoms with Crippen LogP contribution in [0.15, 0.2) is 42.5 Å². The SMILES string of the molecule is Cc1ccc(C2OCC3OC(c4ccc(C(C)C)cc4)OC(C(O)CO)C3O2)cc1C. The van der Waals surface area contributed by atoms with Crippen LogP contribution in [-0.2, 0) is 18.9 Å². The topological polar surface area (TPSA) is 77.4 Å². The maximum absolute atomic E-state index is 10.5. The van der Waals surface area contributed by atoms with Crippen molar-refractivity contribution in [2.24, 2.45) is 0 Å². The number of hydrogen-bond donors (Lipinski definition) is 2.